The Hall–Kier alpha value is -1.06. The third kappa shape index (κ3) is 8.66. The highest BCUT2D eigenvalue weighted by atomic mass is 16.2. The molecule has 1 saturated heterocycles. The molecule has 1 unspecified atom stereocenters. The summed E-state index contributed by atoms with van der Waals surface area (Å²) in [5.41, 5.74) is 0. The number of carbonyl (C=O) groups excluding carboxylic acids is 2. The molecule has 1 fully saturated rings. The predicted octanol–water partition coefficient (Wildman–Crippen LogP) is 5.40. The predicted molar refractivity (Wildman–Crippen MR) is 114 cm³/mol. The van der Waals surface area contributed by atoms with Gasteiger partial charge in [-0.05, 0) is 40.5 Å². The van der Waals surface area contributed by atoms with Crippen molar-refractivity contribution in [2.45, 2.75) is 117 Å². The number of unbranched alkanes of at least 4 members (excludes halogenated alkanes) is 8. The number of nitrogens with zero attached hydrogens (tertiary/aromatic N) is 2. The van der Waals surface area contributed by atoms with Gasteiger partial charge in [0.1, 0.15) is 0 Å². The van der Waals surface area contributed by atoms with E-state index in [-0.39, 0.29) is 29.8 Å². The molecule has 4 heteroatoms. The van der Waals surface area contributed by atoms with E-state index in [4.69, 9.17) is 0 Å². The van der Waals surface area contributed by atoms with Crippen molar-refractivity contribution in [3.05, 3.63) is 0 Å². The Bertz CT molecular complexity index is 426. The van der Waals surface area contributed by atoms with Gasteiger partial charge >= 0.3 is 0 Å². The Balaban J connectivity index is 2.21. The molecule has 4 nitrogen and oxygen atoms in total. The Kier molecular flexibility index (Phi) is 11.7. The van der Waals surface area contributed by atoms with Crippen LogP contribution in [0.2, 0.25) is 0 Å². The van der Waals surface area contributed by atoms with Crippen molar-refractivity contribution in [3.8, 4) is 0 Å². The third-order valence-electron chi connectivity index (χ3n) is 5.75. The van der Waals surface area contributed by atoms with Gasteiger partial charge in [-0.3, -0.25) is 9.59 Å². The first kappa shape index (κ1) is 24.0. The van der Waals surface area contributed by atoms with Gasteiger partial charge in [-0.15, -0.1) is 0 Å². The molecule has 0 spiro atoms. The Morgan fingerprint density at radius 2 is 1.41 bits per heavy atom. The largest absolute Gasteiger partial charge is 0.342 e. The van der Waals surface area contributed by atoms with Crippen LogP contribution in [0.3, 0.4) is 0 Å². The highest BCUT2D eigenvalue weighted by Gasteiger charge is 2.34. The Morgan fingerprint density at radius 1 is 0.889 bits per heavy atom. The first-order chi connectivity index (χ1) is 12.9. The van der Waals surface area contributed by atoms with E-state index in [1.165, 1.54) is 44.9 Å². The van der Waals surface area contributed by atoms with E-state index in [2.05, 4.69) is 34.6 Å². The topological polar surface area (TPSA) is 40.6 Å². The second-order valence-corrected chi connectivity index (χ2v) is 8.84. The minimum Gasteiger partial charge on any atom is -0.342 e. The van der Waals surface area contributed by atoms with Gasteiger partial charge in [0, 0.05) is 31.6 Å². The van der Waals surface area contributed by atoms with Gasteiger partial charge in [-0.2, -0.15) is 0 Å². The fourth-order valence-corrected chi connectivity index (χ4v) is 4.25. The molecular formula is C23H44N2O2. The van der Waals surface area contributed by atoms with Crippen LogP contribution in [0.15, 0.2) is 0 Å². The molecule has 1 atom stereocenters. The van der Waals surface area contributed by atoms with E-state index in [1.54, 1.807) is 0 Å². The number of carbonyl (C=O) groups is 2. The molecule has 1 heterocycles. The maximum absolute atomic E-state index is 12.8. The van der Waals surface area contributed by atoms with E-state index in [1.807, 2.05) is 9.80 Å². The first-order valence-electron chi connectivity index (χ1n) is 11.5. The highest BCUT2D eigenvalue weighted by molar-refractivity contribution is 5.82. The van der Waals surface area contributed by atoms with Crippen LogP contribution in [-0.4, -0.2) is 46.8 Å². The van der Waals surface area contributed by atoms with Crippen LogP contribution in [0.1, 0.15) is 105 Å². The normalized spacial score (nSPS) is 17.1. The summed E-state index contributed by atoms with van der Waals surface area (Å²) in [7, 11) is 0. The number of likely N-dealkylation sites (tertiary alicyclic amines) is 1. The molecule has 27 heavy (non-hydrogen) atoms. The zero-order valence-electron chi connectivity index (χ0n) is 18.6. The SMILES string of the molecule is CCCCCCCCCCCC(=O)N1CCC(C(=O)N(C(C)C)C(C)C)C1. The smallest absolute Gasteiger partial charge is 0.227 e. The van der Waals surface area contributed by atoms with Gasteiger partial charge in [-0.1, -0.05) is 58.3 Å². The van der Waals surface area contributed by atoms with Crippen molar-refractivity contribution in [2.24, 2.45) is 5.92 Å². The molecule has 0 radical (unpaired) electrons. The number of hydrogen-bond donors (Lipinski definition) is 0. The van der Waals surface area contributed by atoms with Crippen LogP contribution >= 0.6 is 0 Å². The zero-order valence-corrected chi connectivity index (χ0v) is 18.6. The lowest BCUT2D eigenvalue weighted by molar-refractivity contribution is -0.139. The Labute approximate surface area is 168 Å². The van der Waals surface area contributed by atoms with Gasteiger partial charge in [-0.25, -0.2) is 0 Å². The molecule has 0 aromatic rings. The summed E-state index contributed by atoms with van der Waals surface area (Å²) in [5, 5.41) is 0. The summed E-state index contributed by atoms with van der Waals surface area (Å²) in [4.78, 5) is 29.2. The number of hydrogen-bond acceptors (Lipinski definition) is 2. The molecule has 1 aliphatic heterocycles. The average molecular weight is 381 g/mol. The summed E-state index contributed by atoms with van der Waals surface area (Å²) >= 11 is 0. The molecule has 0 N–H and O–H groups in total. The molecule has 0 aromatic heterocycles. The lowest BCUT2D eigenvalue weighted by Crippen LogP contribution is -2.46. The van der Waals surface area contributed by atoms with Crippen molar-refractivity contribution in [3.63, 3.8) is 0 Å². The van der Waals surface area contributed by atoms with Crippen molar-refractivity contribution in [2.75, 3.05) is 13.1 Å². The molecule has 1 aliphatic rings. The number of amides is 2. The molecule has 158 valence electrons. The molecule has 0 saturated carbocycles. The van der Waals surface area contributed by atoms with Crippen molar-refractivity contribution in [1.29, 1.82) is 0 Å². The second kappa shape index (κ2) is 13.2. The second-order valence-electron chi connectivity index (χ2n) is 8.84. The van der Waals surface area contributed by atoms with Crippen LogP contribution in [0.25, 0.3) is 0 Å². The summed E-state index contributed by atoms with van der Waals surface area (Å²) in [6, 6.07) is 0.424. The standard InChI is InChI=1S/C23H44N2O2/c1-6-7-8-9-10-11-12-13-14-15-22(26)24-17-16-21(18-24)23(27)25(19(2)3)20(4)5/h19-21H,6-18H2,1-5H3. The molecule has 0 aliphatic carbocycles. The van der Waals surface area contributed by atoms with Crippen LogP contribution < -0.4 is 0 Å². The van der Waals surface area contributed by atoms with E-state index >= 15 is 0 Å². The molecular weight excluding hydrogens is 336 g/mol. The summed E-state index contributed by atoms with van der Waals surface area (Å²) < 4.78 is 0. The summed E-state index contributed by atoms with van der Waals surface area (Å²) in [6.07, 6.45) is 12.9. The minimum atomic E-state index is -0.0122. The van der Waals surface area contributed by atoms with Crippen LogP contribution in [0, 0.1) is 5.92 Å². The highest BCUT2D eigenvalue weighted by Crippen LogP contribution is 2.22. The molecule has 0 aromatic carbocycles. The van der Waals surface area contributed by atoms with E-state index in [0.29, 0.717) is 13.0 Å². The maximum Gasteiger partial charge on any atom is 0.227 e. The van der Waals surface area contributed by atoms with Crippen LogP contribution in [-0.2, 0) is 9.59 Å². The molecule has 2 amide bonds. The van der Waals surface area contributed by atoms with E-state index in [9.17, 15) is 9.59 Å². The average Bonchev–Trinajstić information content (AvgIpc) is 3.09. The summed E-state index contributed by atoms with van der Waals surface area (Å²) in [5.74, 6) is 0.453. The van der Waals surface area contributed by atoms with Gasteiger partial charge in [0.25, 0.3) is 0 Å². The zero-order chi connectivity index (χ0) is 20.2. The van der Waals surface area contributed by atoms with Crippen molar-refractivity contribution >= 4 is 11.8 Å². The Morgan fingerprint density at radius 3 is 1.93 bits per heavy atom. The number of rotatable bonds is 13. The van der Waals surface area contributed by atoms with Crippen LogP contribution in [0.4, 0.5) is 0 Å². The van der Waals surface area contributed by atoms with Gasteiger partial charge in [0.05, 0.1) is 5.92 Å². The van der Waals surface area contributed by atoms with Gasteiger partial charge < -0.3 is 9.80 Å². The fraction of sp³-hybridized carbons (Fsp3) is 0.913. The third-order valence-corrected chi connectivity index (χ3v) is 5.75. The molecule has 0 bridgehead atoms. The van der Waals surface area contributed by atoms with E-state index in [0.717, 1.165) is 25.8 Å². The van der Waals surface area contributed by atoms with E-state index < -0.39 is 0 Å². The maximum atomic E-state index is 12.8. The monoisotopic (exact) mass is 380 g/mol. The first-order valence-corrected chi connectivity index (χ1v) is 11.5. The quantitative estimate of drug-likeness (QED) is 0.401. The van der Waals surface area contributed by atoms with Gasteiger partial charge in [0.2, 0.25) is 11.8 Å². The van der Waals surface area contributed by atoms with Gasteiger partial charge in [0.15, 0.2) is 0 Å². The summed E-state index contributed by atoms with van der Waals surface area (Å²) in [6.45, 7) is 11.9. The minimum absolute atomic E-state index is 0.0122. The molecule has 1 rings (SSSR count). The fourth-order valence-electron chi connectivity index (χ4n) is 4.25. The lowest BCUT2D eigenvalue weighted by Gasteiger charge is -2.33. The lowest BCUT2D eigenvalue weighted by atomic mass is 10.0. The van der Waals surface area contributed by atoms with Crippen molar-refractivity contribution < 1.29 is 9.59 Å². The van der Waals surface area contributed by atoms with Crippen molar-refractivity contribution in [1.82, 2.24) is 9.80 Å². The van der Waals surface area contributed by atoms with Crippen LogP contribution in [0.5, 0.6) is 0 Å².